The fraction of sp³-hybridized carbons (Fsp3) is 0.667. The Morgan fingerprint density at radius 1 is 1.53 bits per heavy atom. The van der Waals surface area contributed by atoms with Gasteiger partial charge in [-0.2, -0.15) is 0 Å². The van der Waals surface area contributed by atoms with Gasteiger partial charge in [0.25, 0.3) is 0 Å². The summed E-state index contributed by atoms with van der Waals surface area (Å²) in [6.07, 6.45) is 3.42. The first kappa shape index (κ1) is 12.9. The van der Waals surface area contributed by atoms with E-state index in [9.17, 15) is 9.90 Å². The molecule has 1 N–H and O–H groups in total. The Hall–Kier alpha value is -1.13. The van der Waals surface area contributed by atoms with E-state index in [1.54, 1.807) is 0 Å². The number of rotatable bonds is 0. The van der Waals surface area contributed by atoms with Crippen LogP contribution in [0.5, 0.6) is 0 Å². The number of carbonyl (C=O) groups is 1. The topological polar surface area (TPSA) is 59.1 Å². The van der Waals surface area contributed by atoms with Gasteiger partial charge in [0.05, 0.1) is 17.6 Å². The molecular formula is C15H20O4. The predicted octanol–water partition coefficient (Wildman–Crippen LogP) is 1.73. The second kappa shape index (κ2) is 4.18. The summed E-state index contributed by atoms with van der Waals surface area (Å²) in [5, 5.41) is 10.4. The minimum absolute atomic E-state index is 0.109. The van der Waals surface area contributed by atoms with Crippen LogP contribution in [0.15, 0.2) is 23.8 Å². The molecule has 0 aromatic carbocycles. The summed E-state index contributed by atoms with van der Waals surface area (Å²) in [4.78, 5) is 11.7. The molecule has 0 unspecified atom stereocenters. The molecule has 0 saturated carbocycles. The van der Waals surface area contributed by atoms with E-state index in [2.05, 4.69) is 12.7 Å². The number of epoxide rings is 1. The average Bonchev–Trinajstić information content (AvgIpc) is 2.89. The van der Waals surface area contributed by atoms with E-state index in [0.29, 0.717) is 12.0 Å². The van der Waals surface area contributed by atoms with Gasteiger partial charge < -0.3 is 14.6 Å². The van der Waals surface area contributed by atoms with E-state index in [1.165, 1.54) is 0 Å². The SMILES string of the molecule is C=C1C(=O)O[C@H]2[C@H]1[C@@H](O)C/C(C)=C\CC[C@]1(C)O[C@H]21. The number of esters is 1. The Kier molecular flexibility index (Phi) is 2.84. The maximum atomic E-state index is 11.7. The molecule has 0 amide bonds. The van der Waals surface area contributed by atoms with Crippen LogP contribution in [0, 0.1) is 5.92 Å². The number of ether oxygens (including phenoxy) is 2. The molecule has 0 bridgehead atoms. The summed E-state index contributed by atoms with van der Waals surface area (Å²) in [6.45, 7) is 7.84. The molecule has 1 aliphatic carbocycles. The molecule has 0 spiro atoms. The van der Waals surface area contributed by atoms with E-state index in [-0.39, 0.29) is 23.7 Å². The molecule has 2 saturated heterocycles. The molecule has 2 fully saturated rings. The largest absolute Gasteiger partial charge is 0.455 e. The average molecular weight is 264 g/mol. The van der Waals surface area contributed by atoms with Gasteiger partial charge in [-0.15, -0.1) is 0 Å². The molecular weight excluding hydrogens is 244 g/mol. The lowest BCUT2D eigenvalue weighted by Crippen LogP contribution is -2.35. The van der Waals surface area contributed by atoms with Crippen molar-refractivity contribution in [1.82, 2.24) is 0 Å². The third-order valence-corrected chi connectivity index (χ3v) is 4.58. The van der Waals surface area contributed by atoms with Crippen LogP contribution in [0.3, 0.4) is 0 Å². The second-order valence-corrected chi connectivity index (χ2v) is 6.13. The third kappa shape index (κ3) is 2.03. The summed E-state index contributed by atoms with van der Waals surface area (Å²) in [5.41, 5.74) is 1.28. The first-order valence-corrected chi connectivity index (χ1v) is 6.84. The van der Waals surface area contributed by atoms with Crippen LogP contribution in [0.1, 0.15) is 33.1 Å². The van der Waals surface area contributed by atoms with Crippen molar-refractivity contribution in [1.29, 1.82) is 0 Å². The van der Waals surface area contributed by atoms with Gasteiger partial charge in [-0.25, -0.2) is 4.79 Å². The van der Waals surface area contributed by atoms with Gasteiger partial charge in [0.1, 0.15) is 12.2 Å². The smallest absolute Gasteiger partial charge is 0.334 e. The van der Waals surface area contributed by atoms with Crippen LogP contribution in [0.4, 0.5) is 0 Å². The van der Waals surface area contributed by atoms with E-state index >= 15 is 0 Å². The Bertz CT molecular complexity index is 467. The second-order valence-electron chi connectivity index (χ2n) is 6.13. The van der Waals surface area contributed by atoms with Gasteiger partial charge >= 0.3 is 5.97 Å². The van der Waals surface area contributed by atoms with Crippen molar-refractivity contribution in [2.75, 3.05) is 0 Å². The Morgan fingerprint density at radius 3 is 3.00 bits per heavy atom. The number of hydrogen-bond acceptors (Lipinski definition) is 4. The minimum atomic E-state index is -0.633. The Labute approximate surface area is 113 Å². The molecule has 0 radical (unpaired) electrons. The zero-order valence-corrected chi connectivity index (χ0v) is 11.4. The normalized spacial score (nSPS) is 48.7. The first-order valence-electron chi connectivity index (χ1n) is 6.84. The molecule has 4 nitrogen and oxygen atoms in total. The van der Waals surface area contributed by atoms with E-state index < -0.39 is 12.1 Å². The van der Waals surface area contributed by atoms with Crippen LogP contribution in [0.25, 0.3) is 0 Å². The third-order valence-electron chi connectivity index (χ3n) is 4.58. The van der Waals surface area contributed by atoms with Gasteiger partial charge in [-0.3, -0.25) is 0 Å². The van der Waals surface area contributed by atoms with E-state index in [4.69, 9.17) is 9.47 Å². The van der Waals surface area contributed by atoms with Gasteiger partial charge in [0.15, 0.2) is 0 Å². The van der Waals surface area contributed by atoms with Crippen molar-refractivity contribution in [2.45, 2.75) is 57.0 Å². The molecule has 0 aromatic rings. The molecule has 0 aromatic heterocycles. The zero-order valence-electron chi connectivity index (χ0n) is 11.4. The van der Waals surface area contributed by atoms with Crippen molar-refractivity contribution in [3.63, 3.8) is 0 Å². The zero-order chi connectivity index (χ0) is 13.8. The molecule has 3 aliphatic rings. The Morgan fingerprint density at radius 2 is 2.26 bits per heavy atom. The number of aliphatic hydroxyl groups is 1. The monoisotopic (exact) mass is 264 g/mol. The van der Waals surface area contributed by atoms with Crippen LogP contribution in [-0.2, 0) is 14.3 Å². The highest BCUT2D eigenvalue weighted by Gasteiger charge is 2.62. The van der Waals surface area contributed by atoms with E-state index in [0.717, 1.165) is 18.4 Å². The molecule has 5 atom stereocenters. The van der Waals surface area contributed by atoms with Gasteiger partial charge in [-0.1, -0.05) is 18.2 Å². The van der Waals surface area contributed by atoms with Crippen molar-refractivity contribution < 1.29 is 19.4 Å². The van der Waals surface area contributed by atoms with Crippen LogP contribution >= 0.6 is 0 Å². The molecule has 4 heteroatoms. The van der Waals surface area contributed by atoms with Crippen LogP contribution in [0.2, 0.25) is 0 Å². The number of aliphatic hydroxyl groups excluding tert-OH is 1. The quantitative estimate of drug-likeness (QED) is 0.313. The lowest BCUT2D eigenvalue weighted by atomic mass is 9.82. The lowest BCUT2D eigenvalue weighted by Gasteiger charge is -2.24. The van der Waals surface area contributed by atoms with Crippen molar-refractivity contribution in [3.05, 3.63) is 23.8 Å². The predicted molar refractivity (Wildman–Crippen MR) is 69.4 cm³/mol. The highest BCUT2D eigenvalue weighted by molar-refractivity contribution is 5.91. The fourth-order valence-corrected chi connectivity index (χ4v) is 3.33. The number of hydrogen-bond donors (Lipinski definition) is 1. The summed E-state index contributed by atoms with van der Waals surface area (Å²) in [6, 6.07) is 0. The summed E-state index contributed by atoms with van der Waals surface area (Å²) < 4.78 is 11.2. The molecule has 3 rings (SSSR count). The summed E-state index contributed by atoms with van der Waals surface area (Å²) in [7, 11) is 0. The van der Waals surface area contributed by atoms with E-state index in [1.807, 2.05) is 13.8 Å². The molecule has 19 heavy (non-hydrogen) atoms. The number of allylic oxidation sites excluding steroid dienone is 1. The van der Waals surface area contributed by atoms with Gasteiger partial charge in [-0.05, 0) is 33.1 Å². The van der Waals surface area contributed by atoms with Gasteiger partial charge in [0.2, 0.25) is 0 Å². The molecule has 2 aliphatic heterocycles. The highest BCUT2D eigenvalue weighted by Crippen LogP contribution is 2.49. The molecule has 2 heterocycles. The lowest BCUT2D eigenvalue weighted by molar-refractivity contribution is -0.140. The first-order chi connectivity index (χ1) is 8.92. The maximum absolute atomic E-state index is 11.7. The minimum Gasteiger partial charge on any atom is -0.455 e. The van der Waals surface area contributed by atoms with Crippen LogP contribution < -0.4 is 0 Å². The number of fused-ring (bicyclic) bond motifs is 3. The maximum Gasteiger partial charge on any atom is 0.334 e. The standard InChI is InChI=1S/C15H20O4/c1-8-5-4-6-15(3)13(19-15)12-11(10(16)7-8)9(2)14(17)18-12/h5,10-13,16H,2,4,6-7H2,1,3H3/b8-5-/t10-,11+,12-,13+,15-/m0/s1. The Balaban J connectivity index is 1.93. The van der Waals surface area contributed by atoms with Gasteiger partial charge in [0, 0.05) is 5.57 Å². The van der Waals surface area contributed by atoms with Crippen molar-refractivity contribution >= 4 is 5.97 Å². The molecule has 104 valence electrons. The van der Waals surface area contributed by atoms with Crippen molar-refractivity contribution in [2.24, 2.45) is 5.92 Å². The fourth-order valence-electron chi connectivity index (χ4n) is 3.33. The number of carbonyl (C=O) groups excluding carboxylic acids is 1. The summed E-state index contributed by atoms with van der Waals surface area (Å²) in [5.74, 6) is -0.742. The van der Waals surface area contributed by atoms with Crippen molar-refractivity contribution in [3.8, 4) is 0 Å². The summed E-state index contributed by atoms with van der Waals surface area (Å²) >= 11 is 0. The van der Waals surface area contributed by atoms with Crippen LogP contribution in [-0.4, -0.2) is 35.0 Å². The highest BCUT2D eigenvalue weighted by atomic mass is 16.6.